The fourth-order valence-corrected chi connectivity index (χ4v) is 2.16. The third-order valence-corrected chi connectivity index (χ3v) is 3.22. The molecule has 4 heteroatoms. The van der Waals surface area contributed by atoms with Crippen molar-refractivity contribution in [3.63, 3.8) is 0 Å². The fourth-order valence-electron chi connectivity index (χ4n) is 2.16. The molecule has 0 aromatic heterocycles. The number of aliphatic hydroxyl groups excluding tert-OH is 1. The Kier molecular flexibility index (Phi) is 3.33. The summed E-state index contributed by atoms with van der Waals surface area (Å²) in [6.07, 6.45) is 1.15. The van der Waals surface area contributed by atoms with Gasteiger partial charge in [0.25, 0.3) is 5.91 Å². The summed E-state index contributed by atoms with van der Waals surface area (Å²) in [7, 11) is 0. The molecule has 1 aliphatic rings. The first-order chi connectivity index (χ1) is 8.09. The Bertz CT molecular complexity index is 431. The number of hydrogen-bond donors (Lipinski definition) is 2. The average Bonchev–Trinajstić information content (AvgIpc) is 2.32. The minimum absolute atomic E-state index is 0.114. The van der Waals surface area contributed by atoms with Crippen LogP contribution >= 0.6 is 0 Å². The van der Waals surface area contributed by atoms with E-state index in [1.54, 1.807) is 30.0 Å². The minimum Gasteiger partial charge on any atom is -0.508 e. The number of benzene rings is 1. The topological polar surface area (TPSA) is 60.8 Å². The number of likely N-dealkylation sites (tertiary alicyclic amines) is 1. The molecule has 1 atom stereocenters. The van der Waals surface area contributed by atoms with Crippen LogP contribution in [0, 0.1) is 6.92 Å². The normalized spacial score (nSPS) is 20.4. The van der Waals surface area contributed by atoms with Gasteiger partial charge in [-0.05, 0) is 31.9 Å². The highest BCUT2D eigenvalue weighted by Crippen LogP contribution is 2.22. The number of rotatable bonds is 1. The molecular formula is C13H17NO3. The average molecular weight is 235 g/mol. The van der Waals surface area contributed by atoms with E-state index < -0.39 is 6.10 Å². The van der Waals surface area contributed by atoms with Crippen molar-refractivity contribution in [2.75, 3.05) is 13.1 Å². The minimum atomic E-state index is -0.426. The van der Waals surface area contributed by atoms with Crippen LogP contribution in [0.4, 0.5) is 0 Å². The summed E-state index contributed by atoms with van der Waals surface area (Å²) < 4.78 is 0. The molecule has 0 saturated carbocycles. The Balaban J connectivity index is 2.22. The largest absolute Gasteiger partial charge is 0.508 e. The summed E-state index contributed by atoms with van der Waals surface area (Å²) in [5.74, 6) is 0.0190. The number of hydrogen-bond acceptors (Lipinski definition) is 3. The molecule has 1 aromatic carbocycles. The zero-order valence-electron chi connectivity index (χ0n) is 9.89. The highest BCUT2D eigenvalue weighted by atomic mass is 16.3. The number of aliphatic hydroxyl groups is 1. The van der Waals surface area contributed by atoms with Gasteiger partial charge >= 0.3 is 0 Å². The van der Waals surface area contributed by atoms with Crippen LogP contribution in [-0.4, -0.2) is 40.2 Å². The van der Waals surface area contributed by atoms with Crippen molar-refractivity contribution in [1.82, 2.24) is 4.90 Å². The first-order valence-electron chi connectivity index (χ1n) is 5.85. The van der Waals surface area contributed by atoms with Crippen LogP contribution in [0.25, 0.3) is 0 Å². The van der Waals surface area contributed by atoms with Crippen LogP contribution in [0.15, 0.2) is 18.2 Å². The number of aromatic hydroxyl groups is 1. The molecule has 2 N–H and O–H groups in total. The Hall–Kier alpha value is -1.55. The molecule has 92 valence electrons. The second-order valence-corrected chi connectivity index (χ2v) is 4.50. The molecule has 1 saturated heterocycles. The lowest BCUT2D eigenvalue weighted by atomic mass is 10.0. The van der Waals surface area contributed by atoms with Crippen molar-refractivity contribution in [3.8, 4) is 5.75 Å². The van der Waals surface area contributed by atoms with E-state index in [9.17, 15) is 15.0 Å². The number of carbonyl (C=O) groups is 1. The van der Waals surface area contributed by atoms with Crippen molar-refractivity contribution < 1.29 is 15.0 Å². The third-order valence-electron chi connectivity index (χ3n) is 3.22. The van der Waals surface area contributed by atoms with E-state index in [-0.39, 0.29) is 11.7 Å². The molecule has 1 amide bonds. The predicted octanol–water partition coefficient (Wildman–Crippen LogP) is 1.30. The molecular weight excluding hydrogens is 218 g/mol. The van der Waals surface area contributed by atoms with Crippen molar-refractivity contribution in [1.29, 1.82) is 0 Å². The van der Waals surface area contributed by atoms with Crippen LogP contribution in [-0.2, 0) is 0 Å². The second kappa shape index (κ2) is 4.75. The lowest BCUT2D eigenvalue weighted by molar-refractivity contribution is 0.0473. The van der Waals surface area contributed by atoms with Gasteiger partial charge in [0, 0.05) is 24.2 Å². The molecule has 2 rings (SSSR count). The van der Waals surface area contributed by atoms with Crippen molar-refractivity contribution in [2.24, 2.45) is 0 Å². The number of β-amino-alcohol motifs (C(OH)–C–C–N with tert-alkyl or cyclic N) is 1. The second-order valence-electron chi connectivity index (χ2n) is 4.50. The van der Waals surface area contributed by atoms with Gasteiger partial charge in [0.2, 0.25) is 0 Å². The molecule has 0 spiro atoms. The zero-order chi connectivity index (χ0) is 12.4. The van der Waals surface area contributed by atoms with E-state index in [2.05, 4.69) is 0 Å². The maximum atomic E-state index is 12.2. The summed E-state index contributed by atoms with van der Waals surface area (Å²) >= 11 is 0. The van der Waals surface area contributed by atoms with Gasteiger partial charge in [0.05, 0.1) is 6.10 Å². The highest BCUT2D eigenvalue weighted by molar-refractivity contribution is 5.96. The monoisotopic (exact) mass is 235 g/mol. The molecule has 1 aliphatic heterocycles. The number of amides is 1. The molecule has 4 nitrogen and oxygen atoms in total. The fraction of sp³-hybridized carbons (Fsp3) is 0.462. The van der Waals surface area contributed by atoms with E-state index in [0.717, 1.165) is 12.8 Å². The van der Waals surface area contributed by atoms with Crippen LogP contribution in [0.5, 0.6) is 5.75 Å². The first kappa shape index (κ1) is 11.9. The summed E-state index contributed by atoms with van der Waals surface area (Å²) in [5, 5.41) is 19.1. The maximum Gasteiger partial charge on any atom is 0.254 e. The smallest absolute Gasteiger partial charge is 0.254 e. The molecule has 0 unspecified atom stereocenters. The number of nitrogens with zero attached hydrogens (tertiary/aromatic N) is 1. The van der Waals surface area contributed by atoms with Crippen LogP contribution in [0.2, 0.25) is 0 Å². The molecule has 17 heavy (non-hydrogen) atoms. The van der Waals surface area contributed by atoms with Gasteiger partial charge < -0.3 is 15.1 Å². The summed E-state index contributed by atoms with van der Waals surface area (Å²) in [6.45, 7) is 2.78. The number of phenols is 1. The van der Waals surface area contributed by atoms with E-state index in [1.807, 2.05) is 0 Å². The van der Waals surface area contributed by atoms with Crippen molar-refractivity contribution in [2.45, 2.75) is 25.9 Å². The molecule has 1 aromatic rings. The van der Waals surface area contributed by atoms with Crippen LogP contribution in [0.3, 0.4) is 0 Å². The highest BCUT2D eigenvalue weighted by Gasteiger charge is 2.24. The predicted molar refractivity (Wildman–Crippen MR) is 64.0 cm³/mol. The summed E-state index contributed by atoms with van der Waals surface area (Å²) in [5.41, 5.74) is 1.11. The Morgan fingerprint density at radius 2 is 2.24 bits per heavy atom. The number of phenolic OH excluding ortho intramolecular Hbond substituents is 1. The quantitative estimate of drug-likeness (QED) is 0.771. The van der Waals surface area contributed by atoms with E-state index >= 15 is 0 Å². The number of piperidine rings is 1. The van der Waals surface area contributed by atoms with Gasteiger partial charge in [0.1, 0.15) is 5.75 Å². The Labute approximate surface area is 100 Å². The van der Waals surface area contributed by atoms with Gasteiger partial charge in [-0.1, -0.05) is 6.07 Å². The lowest BCUT2D eigenvalue weighted by Crippen LogP contribution is -2.42. The van der Waals surface area contributed by atoms with Gasteiger partial charge in [-0.3, -0.25) is 4.79 Å². The van der Waals surface area contributed by atoms with Gasteiger partial charge in [-0.15, -0.1) is 0 Å². The van der Waals surface area contributed by atoms with Crippen LogP contribution in [0.1, 0.15) is 28.8 Å². The zero-order valence-corrected chi connectivity index (χ0v) is 9.89. The first-order valence-corrected chi connectivity index (χ1v) is 5.85. The standard InChI is InChI=1S/C13H17NO3/c1-9-11(5-2-6-12(9)16)13(17)14-7-3-4-10(15)8-14/h2,5-6,10,15-16H,3-4,7-8H2,1H3/t10-/m1/s1. The molecule has 0 aliphatic carbocycles. The Morgan fingerprint density at radius 3 is 2.94 bits per heavy atom. The van der Waals surface area contributed by atoms with E-state index in [1.165, 1.54) is 0 Å². The van der Waals surface area contributed by atoms with E-state index in [0.29, 0.717) is 24.2 Å². The molecule has 0 bridgehead atoms. The van der Waals surface area contributed by atoms with Crippen LogP contribution < -0.4 is 0 Å². The third kappa shape index (κ3) is 2.42. The number of carbonyl (C=O) groups excluding carboxylic acids is 1. The van der Waals surface area contributed by atoms with E-state index in [4.69, 9.17) is 0 Å². The van der Waals surface area contributed by atoms with Gasteiger partial charge in [-0.2, -0.15) is 0 Å². The summed E-state index contributed by atoms with van der Waals surface area (Å²) in [6, 6.07) is 4.94. The van der Waals surface area contributed by atoms with Gasteiger partial charge in [0.15, 0.2) is 0 Å². The SMILES string of the molecule is Cc1c(O)cccc1C(=O)N1CCC[C@@H](O)C1. The molecule has 1 fully saturated rings. The summed E-state index contributed by atoms with van der Waals surface area (Å²) in [4.78, 5) is 13.9. The van der Waals surface area contributed by atoms with Crippen molar-refractivity contribution in [3.05, 3.63) is 29.3 Å². The Morgan fingerprint density at radius 1 is 1.47 bits per heavy atom. The lowest BCUT2D eigenvalue weighted by Gasteiger charge is -2.30. The van der Waals surface area contributed by atoms with Gasteiger partial charge in [-0.25, -0.2) is 0 Å². The molecule has 0 radical (unpaired) electrons. The molecule has 1 heterocycles. The van der Waals surface area contributed by atoms with Crippen molar-refractivity contribution >= 4 is 5.91 Å². The maximum absolute atomic E-state index is 12.2.